The van der Waals surface area contributed by atoms with Crippen LogP contribution in [0.15, 0.2) is 106 Å². The lowest BCUT2D eigenvalue weighted by molar-refractivity contribution is -0.385. The second-order valence-electron chi connectivity index (χ2n) is 7.94. The van der Waals surface area contributed by atoms with E-state index in [1.54, 1.807) is 48.5 Å². The number of nitro benzene ring substituents is 2. The third-order valence-electron chi connectivity index (χ3n) is 5.27. The standard InChI is InChI=1S/C27H19N5O7/c33-26(19-5-2-1-3-6-19)29-24(15-18-9-11-21(12-10-18)31(35)36)27(34)30-28-17-23-13-14-25(39-23)20-7-4-8-22(16-20)32(37)38/h1-17H,(H,29,33)(H,30,34). The summed E-state index contributed by atoms with van der Waals surface area (Å²) in [4.78, 5) is 46.4. The summed E-state index contributed by atoms with van der Waals surface area (Å²) in [5.41, 5.74) is 3.16. The average Bonchev–Trinajstić information content (AvgIpc) is 3.42. The number of amides is 2. The molecule has 0 fully saturated rings. The minimum atomic E-state index is -0.764. The van der Waals surface area contributed by atoms with Crippen LogP contribution in [-0.4, -0.2) is 27.9 Å². The minimum absolute atomic E-state index is 0.0868. The molecule has 0 atom stereocenters. The van der Waals surface area contributed by atoms with Crippen molar-refractivity contribution in [3.8, 4) is 11.3 Å². The summed E-state index contributed by atoms with van der Waals surface area (Å²) in [5.74, 6) is -0.693. The maximum atomic E-state index is 12.9. The number of carbonyl (C=O) groups is 2. The Morgan fingerprint density at radius 3 is 2.23 bits per heavy atom. The Bertz CT molecular complexity index is 1590. The van der Waals surface area contributed by atoms with Crippen LogP contribution in [0.5, 0.6) is 0 Å². The Morgan fingerprint density at radius 2 is 1.54 bits per heavy atom. The lowest BCUT2D eigenvalue weighted by Gasteiger charge is -2.09. The first-order chi connectivity index (χ1) is 18.8. The molecule has 12 heteroatoms. The van der Waals surface area contributed by atoms with Gasteiger partial charge in [-0.05, 0) is 48.0 Å². The number of hydrogen-bond acceptors (Lipinski definition) is 8. The van der Waals surface area contributed by atoms with E-state index >= 15 is 0 Å². The van der Waals surface area contributed by atoms with Crippen LogP contribution in [0.25, 0.3) is 17.4 Å². The number of non-ortho nitro benzene ring substituents is 2. The maximum Gasteiger partial charge on any atom is 0.287 e. The fourth-order valence-electron chi connectivity index (χ4n) is 3.37. The molecule has 0 aliphatic carbocycles. The molecule has 12 nitrogen and oxygen atoms in total. The van der Waals surface area contributed by atoms with Gasteiger partial charge in [-0.2, -0.15) is 5.10 Å². The zero-order valence-corrected chi connectivity index (χ0v) is 20.0. The number of nitro groups is 2. The van der Waals surface area contributed by atoms with E-state index in [1.165, 1.54) is 54.8 Å². The Morgan fingerprint density at radius 1 is 0.821 bits per heavy atom. The van der Waals surface area contributed by atoms with Gasteiger partial charge in [-0.15, -0.1) is 0 Å². The first-order valence-electron chi connectivity index (χ1n) is 11.3. The second-order valence-corrected chi connectivity index (χ2v) is 7.94. The van der Waals surface area contributed by atoms with Crippen molar-refractivity contribution in [1.29, 1.82) is 0 Å². The molecule has 2 N–H and O–H groups in total. The lowest BCUT2D eigenvalue weighted by Crippen LogP contribution is -2.32. The molecule has 0 radical (unpaired) electrons. The molecule has 0 unspecified atom stereocenters. The van der Waals surface area contributed by atoms with Crippen LogP contribution in [0.3, 0.4) is 0 Å². The molecule has 0 spiro atoms. The van der Waals surface area contributed by atoms with Gasteiger partial charge in [0.15, 0.2) is 0 Å². The summed E-state index contributed by atoms with van der Waals surface area (Å²) >= 11 is 0. The Kier molecular flexibility index (Phi) is 7.97. The molecular weight excluding hydrogens is 506 g/mol. The number of benzene rings is 3. The number of rotatable bonds is 9. The zero-order valence-electron chi connectivity index (χ0n) is 20.0. The predicted molar refractivity (Wildman–Crippen MR) is 142 cm³/mol. The summed E-state index contributed by atoms with van der Waals surface area (Å²) < 4.78 is 5.63. The van der Waals surface area contributed by atoms with Gasteiger partial charge >= 0.3 is 0 Å². The quantitative estimate of drug-likeness (QED) is 0.138. The number of nitrogens with zero attached hydrogens (tertiary/aromatic N) is 3. The molecule has 1 aromatic heterocycles. The van der Waals surface area contributed by atoms with Crippen LogP contribution in [0.2, 0.25) is 0 Å². The minimum Gasteiger partial charge on any atom is -0.455 e. The fraction of sp³-hybridized carbons (Fsp3) is 0. The van der Waals surface area contributed by atoms with Crippen molar-refractivity contribution in [1.82, 2.24) is 10.7 Å². The molecule has 0 aliphatic heterocycles. The molecule has 4 rings (SSSR count). The van der Waals surface area contributed by atoms with E-state index in [-0.39, 0.29) is 22.8 Å². The highest BCUT2D eigenvalue weighted by atomic mass is 16.6. The predicted octanol–water partition coefficient (Wildman–Crippen LogP) is 4.68. The molecule has 0 saturated carbocycles. The maximum absolute atomic E-state index is 12.9. The van der Waals surface area contributed by atoms with Crippen LogP contribution >= 0.6 is 0 Å². The number of carbonyl (C=O) groups excluding carboxylic acids is 2. The number of nitrogens with one attached hydrogen (secondary N) is 2. The Labute approximate surface area is 220 Å². The van der Waals surface area contributed by atoms with Crippen LogP contribution < -0.4 is 10.7 Å². The molecular formula is C27H19N5O7. The molecule has 0 aliphatic rings. The molecule has 3 aromatic carbocycles. The van der Waals surface area contributed by atoms with Crippen molar-refractivity contribution in [3.05, 3.63) is 134 Å². The van der Waals surface area contributed by atoms with Crippen molar-refractivity contribution in [2.75, 3.05) is 0 Å². The molecule has 2 amide bonds. The van der Waals surface area contributed by atoms with E-state index in [9.17, 15) is 29.8 Å². The summed E-state index contributed by atoms with van der Waals surface area (Å²) in [6, 6.07) is 22.7. The number of hydrogen-bond donors (Lipinski definition) is 2. The van der Waals surface area contributed by atoms with Crippen molar-refractivity contribution in [2.24, 2.45) is 5.10 Å². The highest BCUT2D eigenvalue weighted by Crippen LogP contribution is 2.25. The highest BCUT2D eigenvalue weighted by molar-refractivity contribution is 6.05. The van der Waals surface area contributed by atoms with Gasteiger partial charge < -0.3 is 9.73 Å². The highest BCUT2D eigenvalue weighted by Gasteiger charge is 2.15. The topological polar surface area (TPSA) is 170 Å². The molecule has 4 aromatic rings. The van der Waals surface area contributed by atoms with Crippen LogP contribution in [0.1, 0.15) is 21.7 Å². The zero-order chi connectivity index (χ0) is 27.8. The monoisotopic (exact) mass is 525 g/mol. The van der Waals surface area contributed by atoms with E-state index in [0.29, 0.717) is 22.5 Å². The fourth-order valence-corrected chi connectivity index (χ4v) is 3.37. The molecule has 0 saturated heterocycles. The van der Waals surface area contributed by atoms with Gasteiger partial charge in [-0.3, -0.25) is 29.8 Å². The average molecular weight is 525 g/mol. The molecule has 0 bridgehead atoms. The third kappa shape index (κ3) is 6.86. The van der Waals surface area contributed by atoms with E-state index in [4.69, 9.17) is 4.42 Å². The van der Waals surface area contributed by atoms with E-state index in [1.807, 2.05) is 0 Å². The summed E-state index contributed by atoms with van der Waals surface area (Å²) in [6.07, 6.45) is 2.57. The molecule has 39 heavy (non-hydrogen) atoms. The van der Waals surface area contributed by atoms with Crippen LogP contribution in [0.4, 0.5) is 11.4 Å². The number of hydrazone groups is 1. The van der Waals surface area contributed by atoms with Gasteiger partial charge in [0, 0.05) is 35.4 Å². The SMILES string of the molecule is O=C(NN=Cc1ccc(-c2cccc([N+](=O)[O-])c2)o1)C(=Cc1ccc([N+](=O)[O-])cc1)NC(=O)c1ccccc1. The summed E-state index contributed by atoms with van der Waals surface area (Å²) in [7, 11) is 0. The normalized spacial score (nSPS) is 11.2. The lowest BCUT2D eigenvalue weighted by atomic mass is 10.1. The Hall–Kier alpha value is -5.91. The summed E-state index contributed by atoms with van der Waals surface area (Å²) in [5, 5.41) is 28.3. The summed E-state index contributed by atoms with van der Waals surface area (Å²) in [6.45, 7) is 0. The van der Waals surface area contributed by atoms with Crippen LogP contribution in [-0.2, 0) is 4.79 Å². The van der Waals surface area contributed by atoms with Gasteiger partial charge in [0.2, 0.25) is 0 Å². The van der Waals surface area contributed by atoms with E-state index in [0.717, 1.165) is 0 Å². The smallest absolute Gasteiger partial charge is 0.287 e. The van der Waals surface area contributed by atoms with Crippen molar-refractivity contribution < 1.29 is 23.9 Å². The first-order valence-corrected chi connectivity index (χ1v) is 11.3. The first kappa shape index (κ1) is 26.2. The largest absolute Gasteiger partial charge is 0.455 e. The molecule has 194 valence electrons. The van der Waals surface area contributed by atoms with E-state index < -0.39 is 21.7 Å². The number of furan rings is 1. The van der Waals surface area contributed by atoms with Gasteiger partial charge in [-0.25, -0.2) is 5.43 Å². The van der Waals surface area contributed by atoms with Gasteiger partial charge in [0.1, 0.15) is 17.2 Å². The Balaban J connectivity index is 1.51. The van der Waals surface area contributed by atoms with E-state index in [2.05, 4.69) is 15.8 Å². The van der Waals surface area contributed by atoms with Crippen molar-refractivity contribution in [3.63, 3.8) is 0 Å². The van der Waals surface area contributed by atoms with Gasteiger partial charge in [0.05, 0.1) is 16.1 Å². The molecule has 1 heterocycles. The second kappa shape index (κ2) is 11.9. The van der Waals surface area contributed by atoms with Crippen molar-refractivity contribution >= 4 is 35.5 Å². The van der Waals surface area contributed by atoms with Crippen LogP contribution in [0, 0.1) is 20.2 Å². The van der Waals surface area contributed by atoms with Gasteiger partial charge in [-0.1, -0.05) is 30.3 Å². The third-order valence-corrected chi connectivity index (χ3v) is 5.27. The van der Waals surface area contributed by atoms with Gasteiger partial charge in [0.25, 0.3) is 23.2 Å². The van der Waals surface area contributed by atoms with Crippen molar-refractivity contribution in [2.45, 2.75) is 0 Å².